The van der Waals surface area contributed by atoms with Gasteiger partial charge in [0.2, 0.25) is 0 Å². The molecule has 1 aliphatic heterocycles. The Morgan fingerprint density at radius 1 is 0.420 bits per heavy atom. The fourth-order valence-electron chi connectivity index (χ4n) is 7.21. The smallest absolute Gasteiger partial charge is 0.173 e. The molecule has 0 spiro atoms. The van der Waals surface area contributed by atoms with E-state index in [1.165, 1.54) is 5.56 Å². The van der Waals surface area contributed by atoms with Crippen LogP contribution in [0.5, 0.6) is 0 Å². The Labute approximate surface area is 287 Å². The van der Waals surface area contributed by atoms with Crippen molar-refractivity contribution >= 4 is 55.5 Å². The van der Waals surface area contributed by atoms with E-state index in [-0.39, 0.29) is 0 Å². The van der Waals surface area contributed by atoms with E-state index < -0.39 is 6.17 Å². The molecule has 236 valence electrons. The van der Waals surface area contributed by atoms with Gasteiger partial charge in [-0.1, -0.05) is 140 Å². The lowest BCUT2D eigenvalue weighted by Crippen LogP contribution is -2.36. The Hall–Kier alpha value is -6.72. The van der Waals surface area contributed by atoms with Crippen molar-refractivity contribution in [1.29, 1.82) is 0 Å². The molecule has 1 atom stereocenters. The SMILES string of the molecule is c1ccc(-c2ccc(C3=NC(c4cccc5c4oc4ccccc45)N=C(c4c(-c5ccccc5)ccc5oc6ccccc6c45)N3)cc2)cc1. The first-order valence-corrected chi connectivity index (χ1v) is 16.8. The fraction of sp³-hybridized carbons (Fsp3) is 0.0222. The van der Waals surface area contributed by atoms with Crippen molar-refractivity contribution in [3.63, 3.8) is 0 Å². The Morgan fingerprint density at radius 3 is 1.80 bits per heavy atom. The third-order valence-corrected chi connectivity index (χ3v) is 9.58. The van der Waals surface area contributed by atoms with E-state index in [1.807, 2.05) is 42.5 Å². The van der Waals surface area contributed by atoms with Gasteiger partial charge in [0.15, 0.2) is 6.17 Å². The van der Waals surface area contributed by atoms with E-state index in [0.29, 0.717) is 0 Å². The number of nitrogens with zero attached hydrogens (tertiary/aromatic N) is 2. The molecule has 1 N–H and O–H groups in total. The maximum Gasteiger partial charge on any atom is 0.173 e. The maximum absolute atomic E-state index is 6.52. The highest BCUT2D eigenvalue weighted by molar-refractivity contribution is 6.26. The van der Waals surface area contributed by atoms with E-state index in [0.717, 1.165) is 88.9 Å². The van der Waals surface area contributed by atoms with Gasteiger partial charge in [0.1, 0.15) is 34.0 Å². The topological polar surface area (TPSA) is 63.0 Å². The van der Waals surface area contributed by atoms with E-state index in [1.54, 1.807) is 0 Å². The summed E-state index contributed by atoms with van der Waals surface area (Å²) < 4.78 is 12.9. The number of furan rings is 2. The standard InChI is InChI=1S/C45H29N3O2/c1-3-12-28(13-4-1)29-22-24-31(25-23-29)43-46-44(36-19-11-18-34-33-16-7-9-20-37(33)50-42(34)36)48-45(47-43)41-32(30-14-5-2-6-15-30)26-27-39-40(41)35-17-8-10-21-38(35)49-39/h1-27,44H,(H,46,47,48). The van der Waals surface area contributed by atoms with Crippen molar-refractivity contribution in [3.05, 3.63) is 180 Å². The zero-order valence-corrected chi connectivity index (χ0v) is 26.9. The molecule has 1 unspecified atom stereocenters. The highest BCUT2D eigenvalue weighted by Gasteiger charge is 2.28. The highest BCUT2D eigenvalue weighted by atomic mass is 16.3. The number of fused-ring (bicyclic) bond motifs is 6. The quantitative estimate of drug-likeness (QED) is 0.203. The molecule has 50 heavy (non-hydrogen) atoms. The number of hydrogen-bond acceptors (Lipinski definition) is 5. The van der Waals surface area contributed by atoms with Crippen LogP contribution in [-0.2, 0) is 0 Å². The van der Waals surface area contributed by atoms with Crippen molar-refractivity contribution in [1.82, 2.24) is 5.32 Å². The molecule has 5 heteroatoms. The molecule has 2 aromatic heterocycles. The molecule has 0 radical (unpaired) electrons. The van der Waals surface area contributed by atoms with Crippen LogP contribution in [0.15, 0.2) is 183 Å². The second-order valence-electron chi connectivity index (χ2n) is 12.5. The van der Waals surface area contributed by atoms with Crippen molar-refractivity contribution < 1.29 is 8.83 Å². The minimum Gasteiger partial charge on any atom is -0.456 e. The van der Waals surface area contributed by atoms with Crippen LogP contribution >= 0.6 is 0 Å². The number of nitrogens with one attached hydrogen (secondary N) is 1. The largest absolute Gasteiger partial charge is 0.456 e. The molecule has 0 saturated heterocycles. The number of benzene rings is 7. The van der Waals surface area contributed by atoms with Crippen molar-refractivity contribution in [2.24, 2.45) is 9.98 Å². The van der Waals surface area contributed by atoms with Crippen LogP contribution in [0.25, 0.3) is 66.1 Å². The molecule has 0 fully saturated rings. The molecule has 5 nitrogen and oxygen atoms in total. The van der Waals surface area contributed by atoms with Gasteiger partial charge in [-0.15, -0.1) is 0 Å². The van der Waals surface area contributed by atoms with E-state index >= 15 is 0 Å². The van der Waals surface area contributed by atoms with Gasteiger partial charge in [-0.05, 0) is 46.5 Å². The fourth-order valence-corrected chi connectivity index (χ4v) is 7.21. The van der Waals surface area contributed by atoms with Gasteiger partial charge in [0, 0.05) is 38.2 Å². The first kappa shape index (κ1) is 28.3. The molecular weight excluding hydrogens is 615 g/mol. The second-order valence-corrected chi connectivity index (χ2v) is 12.5. The maximum atomic E-state index is 6.52. The molecule has 0 amide bonds. The molecule has 1 aliphatic rings. The normalized spacial score (nSPS) is 14.6. The van der Waals surface area contributed by atoms with Crippen LogP contribution < -0.4 is 5.32 Å². The minimum atomic E-state index is -0.573. The van der Waals surface area contributed by atoms with Gasteiger partial charge in [0.05, 0.1) is 0 Å². The lowest BCUT2D eigenvalue weighted by molar-refractivity contribution is 0.649. The van der Waals surface area contributed by atoms with Gasteiger partial charge < -0.3 is 14.2 Å². The van der Waals surface area contributed by atoms with Gasteiger partial charge >= 0.3 is 0 Å². The highest BCUT2D eigenvalue weighted by Crippen LogP contribution is 2.40. The van der Waals surface area contributed by atoms with Crippen LogP contribution in [0.1, 0.15) is 22.9 Å². The van der Waals surface area contributed by atoms with Crippen LogP contribution in [0.2, 0.25) is 0 Å². The zero-order chi connectivity index (χ0) is 33.0. The van der Waals surface area contributed by atoms with Crippen molar-refractivity contribution in [2.75, 3.05) is 0 Å². The first-order valence-electron chi connectivity index (χ1n) is 16.8. The number of rotatable bonds is 5. The monoisotopic (exact) mass is 643 g/mol. The molecule has 10 rings (SSSR count). The Bertz CT molecular complexity index is 2770. The van der Waals surface area contributed by atoms with Gasteiger partial charge in [-0.2, -0.15) is 0 Å². The minimum absolute atomic E-state index is 0.573. The molecule has 7 aromatic carbocycles. The average Bonchev–Trinajstić information content (AvgIpc) is 3.77. The molecular formula is C45H29N3O2. The molecule has 0 saturated carbocycles. The molecule has 0 aliphatic carbocycles. The summed E-state index contributed by atoms with van der Waals surface area (Å²) in [5.74, 6) is 1.45. The zero-order valence-electron chi connectivity index (χ0n) is 26.9. The van der Waals surface area contributed by atoms with Crippen LogP contribution in [-0.4, -0.2) is 11.7 Å². The summed E-state index contributed by atoms with van der Waals surface area (Å²) in [6, 6.07) is 56.2. The van der Waals surface area contributed by atoms with Crippen molar-refractivity contribution in [3.8, 4) is 22.3 Å². The Morgan fingerprint density at radius 2 is 1.02 bits per heavy atom. The van der Waals surface area contributed by atoms with Crippen molar-refractivity contribution in [2.45, 2.75) is 6.17 Å². The second kappa shape index (κ2) is 11.5. The molecule has 3 heterocycles. The number of hydrogen-bond donors (Lipinski definition) is 1. The lowest BCUT2D eigenvalue weighted by atomic mass is 9.93. The summed E-state index contributed by atoms with van der Waals surface area (Å²) in [6.07, 6.45) is -0.573. The first-order chi connectivity index (χ1) is 24.8. The van der Waals surface area contributed by atoms with Crippen LogP contribution in [0.3, 0.4) is 0 Å². The summed E-state index contributed by atoms with van der Waals surface area (Å²) in [5.41, 5.74) is 10.6. The summed E-state index contributed by atoms with van der Waals surface area (Å²) in [6.45, 7) is 0. The van der Waals surface area contributed by atoms with E-state index in [4.69, 9.17) is 18.8 Å². The van der Waals surface area contributed by atoms with Gasteiger partial charge in [-0.25, -0.2) is 9.98 Å². The number of para-hydroxylation sites is 3. The van der Waals surface area contributed by atoms with Crippen LogP contribution in [0.4, 0.5) is 0 Å². The number of amidine groups is 2. The average molecular weight is 644 g/mol. The van der Waals surface area contributed by atoms with E-state index in [9.17, 15) is 0 Å². The third kappa shape index (κ3) is 4.63. The third-order valence-electron chi connectivity index (χ3n) is 9.58. The number of aliphatic imine (C=N–C) groups is 2. The molecule has 9 aromatic rings. The summed E-state index contributed by atoms with van der Waals surface area (Å²) in [7, 11) is 0. The predicted molar refractivity (Wildman–Crippen MR) is 204 cm³/mol. The summed E-state index contributed by atoms with van der Waals surface area (Å²) in [4.78, 5) is 10.7. The molecule has 0 bridgehead atoms. The van der Waals surface area contributed by atoms with Crippen LogP contribution in [0, 0.1) is 0 Å². The summed E-state index contributed by atoms with van der Waals surface area (Å²) in [5, 5.41) is 7.87. The lowest BCUT2D eigenvalue weighted by Gasteiger charge is -2.24. The predicted octanol–water partition coefficient (Wildman–Crippen LogP) is 11.3. The van der Waals surface area contributed by atoms with E-state index in [2.05, 4.69) is 127 Å². The Kier molecular flexibility index (Phi) is 6.49. The Balaban J connectivity index is 1.22. The van der Waals surface area contributed by atoms with Gasteiger partial charge in [0.25, 0.3) is 0 Å². The summed E-state index contributed by atoms with van der Waals surface area (Å²) >= 11 is 0. The van der Waals surface area contributed by atoms with Gasteiger partial charge in [-0.3, -0.25) is 0 Å².